The van der Waals surface area contributed by atoms with Crippen LogP contribution in [-0.4, -0.2) is 60.9 Å². The monoisotopic (exact) mass is 252 g/mol. The first kappa shape index (κ1) is 14.0. The molecule has 4 heteroatoms. The van der Waals surface area contributed by atoms with Crippen molar-refractivity contribution in [1.29, 1.82) is 0 Å². The standard InChI is InChI=1S/C14H28N4/c1-5-13(12(2)17-8-6-15-10-17)14(3,4)18-9-7-16-11-18/h5,12,15-16H,6-11H2,1-4H3. The van der Waals surface area contributed by atoms with E-state index in [4.69, 9.17) is 0 Å². The fourth-order valence-corrected chi connectivity index (χ4v) is 3.32. The van der Waals surface area contributed by atoms with Gasteiger partial charge in [-0.2, -0.15) is 0 Å². The summed E-state index contributed by atoms with van der Waals surface area (Å²) in [4.78, 5) is 5.07. The molecule has 1 atom stereocenters. The highest BCUT2D eigenvalue weighted by Gasteiger charge is 2.36. The molecule has 2 aliphatic heterocycles. The second kappa shape index (κ2) is 5.70. The Bertz CT molecular complexity index is 299. The van der Waals surface area contributed by atoms with Gasteiger partial charge in [-0.1, -0.05) is 6.08 Å². The summed E-state index contributed by atoms with van der Waals surface area (Å²) in [5.74, 6) is 0. The first-order valence-corrected chi connectivity index (χ1v) is 7.14. The van der Waals surface area contributed by atoms with Gasteiger partial charge >= 0.3 is 0 Å². The van der Waals surface area contributed by atoms with Gasteiger partial charge in [0.1, 0.15) is 0 Å². The van der Waals surface area contributed by atoms with Crippen LogP contribution in [0.5, 0.6) is 0 Å². The molecule has 2 rings (SSSR count). The second-order valence-corrected chi connectivity index (χ2v) is 5.87. The van der Waals surface area contributed by atoms with Crippen LogP contribution < -0.4 is 10.6 Å². The Kier molecular flexibility index (Phi) is 4.43. The van der Waals surface area contributed by atoms with Crippen LogP contribution >= 0.6 is 0 Å². The molecule has 2 N–H and O–H groups in total. The van der Waals surface area contributed by atoms with Gasteiger partial charge in [0.25, 0.3) is 0 Å². The van der Waals surface area contributed by atoms with Gasteiger partial charge in [-0.15, -0.1) is 0 Å². The van der Waals surface area contributed by atoms with Gasteiger partial charge in [0, 0.05) is 51.1 Å². The van der Waals surface area contributed by atoms with Crippen LogP contribution in [0.2, 0.25) is 0 Å². The number of hydrogen-bond acceptors (Lipinski definition) is 4. The third-order valence-electron chi connectivity index (χ3n) is 4.56. The minimum Gasteiger partial charge on any atom is -0.303 e. The van der Waals surface area contributed by atoms with Crippen molar-refractivity contribution in [2.24, 2.45) is 0 Å². The molecule has 2 saturated heterocycles. The van der Waals surface area contributed by atoms with Gasteiger partial charge in [-0.25, -0.2) is 0 Å². The maximum atomic E-state index is 3.44. The lowest BCUT2D eigenvalue weighted by molar-refractivity contribution is 0.159. The molecule has 0 amide bonds. The smallest absolute Gasteiger partial charge is 0.0489 e. The molecule has 0 aromatic carbocycles. The lowest BCUT2D eigenvalue weighted by Crippen LogP contribution is -2.50. The van der Waals surface area contributed by atoms with E-state index in [-0.39, 0.29) is 5.54 Å². The molecule has 2 fully saturated rings. The summed E-state index contributed by atoms with van der Waals surface area (Å²) in [5, 5.41) is 6.86. The Morgan fingerprint density at radius 3 is 2.33 bits per heavy atom. The van der Waals surface area contributed by atoms with Crippen molar-refractivity contribution >= 4 is 0 Å². The Morgan fingerprint density at radius 2 is 1.83 bits per heavy atom. The maximum absolute atomic E-state index is 3.44. The van der Waals surface area contributed by atoms with E-state index in [1.165, 1.54) is 5.57 Å². The third-order valence-corrected chi connectivity index (χ3v) is 4.56. The minimum absolute atomic E-state index is 0.139. The number of nitrogens with one attached hydrogen (secondary N) is 2. The zero-order valence-corrected chi connectivity index (χ0v) is 12.3. The third kappa shape index (κ3) is 2.62. The molecule has 0 spiro atoms. The molecule has 0 saturated carbocycles. The van der Waals surface area contributed by atoms with Crippen molar-refractivity contribution in [2.75, 3.05) is 39.5 Å². The van der Waals surface area contributed by atoms with Gasteiger partial charge < -0.3 is 10.6 Å². The highest BCUT2D eigenvalue weighted by molar-refractivity contribution is 5.23. The van der Waals surface area contributed by atoms with E-state index >= 15 is 0 Å². The zero-order chi connectivity index (χ0) is 13.2. The molecule has 1 unspecified atom stereocenters. The summed E-state index contributed by atoms with van der Waals surface area (Å²) in [6.45, 7) is 15.8. The Hall–Kier alpha value is -0.420. The van der Waals surface area contributed by atoms with Crippen LogP contribution in [0.1, 0.15) is 27.7 Å². The summed E-state index contributed by atoms with van der Waals surface area (Å²) in [5.41, 5.74) is 1.68. The molecule has 0 aliphatic carbocycles. The average molecular weight is 252 g/mol. The molecule has 104 valence electrons. The van der Waals surface area contributed by atoms with Crippen molar-refractivity contribution < 1.29 is 0 Å². The largest absolute Gasteiger partial charge is 0.303 e. The van der Waals surface area contributed by atoms with E-state index < -0.39 is 0 Å². The van der Waals surface area contributed by atoms with Crippen LogP contribution in [0.15, 0.2) is 11.6 Å². The molecule has 2 aliphatic rings. The predicted octanol–water partition coefficient (Wildman–Crippen LogP) is 0.825. The summed E-state index contributed by atoms with van der Waals surface area (Å²) >= 11 is 0. The lowest BCUT2D eigenvalue weighted by Gasteiger charge is -2.42. The minimum atomic E-state index is 0.139. The molecule has 4 nitrogen and oxygen atoms in total. The second-order valence-electron chi connectivity index (χ2n) is 5.87. The zero-order valence-electron chi connectivity index (χ0n) is 12.3. The van der Waals surface area contributed by atoms with Crippen molar-refractivity contribution in [3.05, 3.63) is 11.6 Å². The van der Waals surface area contributed by atoms with Crippen molar-refractivity contribution in [1.82, 2.24) is 20.4 Å². The van der Waals surface area contributed by atoms with E-state index in [9.17, 15) is 0 Å². The van der Waals surface area contributed by atoms with E-state index in [2.05, 4.69) is 54.2 Å². The SMILES string of the molecule is CC=C(C(C)N1CCNC1)C(C)(C)N1CCNC1. The number of rotatable bonds is 4. The molecule has 0 aromatic heterocycles. The van der Waals surface area contributed by atoms with Crippen LogP contribution in [0.25, 0.3) is 0 Å². The first-order valence-electron chi connectivity index (χ1n) is 7.14. The topological polar surface area (TPSA) is 30.5 Å². The average Bonchev–Trinajstić information content (AvgIpc) is 3.03. The first-order chi connectivity index (χ1) is 8.57. The van der Waals surface area contributed by atoms with Gasteiger partial charge in [0.05, 0.1) is 0 Å². The van der Waals surface area contributed by atoms with Crippen molar-refractivity contribution in [2.45, 2.75) is 39.3 Å². The van der Waals surface area contributed by atoms with Crippen LogP contribution in [-0.2, 0) is 0 Å². The van der Waals surface area contributed by atoms with E-state index in [0.29, 0.717) is 6.04 Å². The molecule has 0 aromatic rings. The molecule has 18 heavy (non-hydrogen) atoms. The van der Waals surface area contributed by atoms with Crippen LogP contribution in [0.3, 0.4) is 0 Å². The fraction of sp³-hybridized carbons (Fsp3) is 0.857. The Balaban J connectivity index is 2.11. The van der Waals surface area contributed by atoms with E-state index in [0.717, 1.165) is 39.5 Å². The number of allylic oxidation sites excluding steroid dienone is 1. The number of nitrogens with zero attached hydrogens (tertiary/aromatic N) is 2. The lowest BCUT2D eigenvalue weighted by atomic mass is 9.86. The normalized spacial score (nSPS) is 25.9. The summed E-state index contributed by atoms with van der Waals surface area (Å²) in [6, 6.07) is 0.514. The maximum Gasteiger partial charge on any atom is 0.0489 e. The van der Waals surface area contributed by atoms with Gasteiger partial charge in [-0.05, 0) is 33.3 Å². The highest BCUT2D eigenvalue weighted by Crippen LogP contribution is 2.29. The summed E-state index contributed by atoms with van der Waals surface area (Å²) < 4.78 is 0. The molecular weight excluding hydrogens is 224 g/mol. The van der Waals surface area contributed by atoms with Gasteiger partial charge in [0.2, 0.25) is 0 Å². The summed E-state index contributed by atoms with van der Waals surface area (Å²) in [7, 11) is 0. The highest BCUT2D eigenvalue weighted by atomic mass is 15.3. The van der Waals surface area contributed by atoms with Gasteiger partial charge in [-0.3, -0.25) is 9.80 Å². The fourth-order valence-electron chi connectivity index (χ4n) is 3.32. The Labute approximate surface area is 111 Å². The van der Waals surface area contributed by atoms with Crippen molar-refractivity contribution in [3.8, 4) is 0 Å². The predicted molar refractivity (Wildman–Crippen MR) is 76.4 cm³/mol. The number of hydrogen-bond donors (Lipinski definition) is 2. The molecule has 0 radical (unpaired) electrons. The quantitative estimate of drug-likeness (QED) is 0.726. The van der Waals surface area contributed by atoms with Crippen molar-refractivity contribution in [3.63, 3.8) is 0 Å². The Morgan fingerprint density at radius 1 is 1.17 bits per heavy atom. The van der Waals surface area contributed by atoms with E-state index in [1.807, 2.05) is 0 Å². The molecular formula is C14H28N4. The van der Waals surface area contributed by atoms with Crippen LogP contribution in [0.4, 0.5) is 0 Å². The molecule has 0 bridgehead atoms. The summed E-state index contributed by atoms with van der Waals surface area (Å²) in [6.07, 6.45) is 2.32. The molecule has 2 heterocycles. The van der Waals surface area contributed by atoms with Crippen LogP contribution in [0, 0.1) is 0 Å². The van der Waals surface area contributed by atoms with Gasteiger partial charge in [0.15, 0.2) is 0 Å². The van der Waals surface area contributed by atoms with E-state index in [1.54, 1.807) is 0 Å².